The Balaban J connectivity index is 1.61. The second-order valence-corrected chi connectivity index (χ2v) is 11.2. The van der Waals surface area contributed by atoms with Crippen molar-refractivity contribution < 1.29 is 40.4 Å². The lowest BCUT2D eigenvalue weighted by atomic mass is 9.99. The van der Waals surface area contributed by atoms with E-state index in [1.54, 1.807) is 0 Å². The zero-order chi connectivity index (χ0) is 27.3. The number of nitrogens with zero attached hydrogens (tertiary/aromatic N) is 2. The number of sulfone groups is 1. The van der Waals surface area contributed by atoms with E-state index in [9.17, 15) is 40.4 Å². The molecular formula is C24H23F4N3O5S. The van der Waals surface area contributed by atoms with E-state index in [2.05, 4.69) is 5.32 Å². The van der Waals surface area contributed by atoms with Crippen LogP contribution in [0, 0.1) is 11.7 Å². The monoisotopic (exact) mass is 541 g/mol. The first kappa shape index (κ1) is 26.6. The third-order valence-electron chi connectivity index (χ3n) is 6.38. The van der Waals surface area contributed by atoms with Crippen LogP contribution >= 0.6 is 0 Å². The van der Waals surface area contributed by atoms with Gasteiger partial charge in [0.25, 0.3) is 5.91 Å². The Bertz CT molecular complexity index is 1370. The Morgan fingerprint density at radius 3 is 2.35 bits per heavy atom. The van der Waals surface area contributed by atoms with Gasteiger partial charge in [-0.15, -0.1) is 0 Å². The second kappa shape index (κ2) is 9.43. The number of carbonyl (C=O) groups is 3. The minimum Gasteiger partial charge on any atom is -0.347 e. The molecule has 1 saturated heterocycles. The van der Waals surface area contributed by atoms with Crippen molar-refractivity contribution in [2.75, 3.05) is 19.8 Å². The molecule has 1 aliphatic heterocycles. The van der Waals surface area contributed by atoms with Crippen molar-refractivity contribution in [1.82, 2.24) is 15.1 Å². The Kier molecular flexibility index (Phi) is 6.78. The molecule has 1 saturated carbocycles. The molecule has 1 aliphatic carbocycles. The molecule has 0 unspecified atom stereocenters. The fourth-order valence-corrected chi connectivity index (χ4v) is 4.91. The maximum absolute atomic E-state index is 14.7. The standard InChI is InChI=1S/C24H23F4N3O5S/c1-30-12-19(31(23(30)34)22(33)14-4-3-5-16(10-14)37(2,35)36)21(32)29-20(13-6-7-13)17-9-8-15(11-18(17)25)24(26,27)28/h3-5,8-11,13,19-20H,6-7,12H2,1-2H3,(H,29,32)/t19-,20-/m1/s1. The van der Waals surface area contributed by atoms with Gasteiger partial charge >= 0.3 is 12.2 Å². The number of imide groups is 1. The van der Waals surface area contributed by atoms with Crippen molar-refractivity contribution in [3.05, 3.63) is 65.0 Å². The summed E-state index contributed by atoms with van der Waals surface area (Å²) < 4.78 is 77.4. The highest BCUT2D eigenvalue weighted by atomic mass is 32.2. The van der Waals surface area contributed by atoms with Gasteiger partial charge in [-0.2, -0.15) is 13.2 Å². The summed E-state index contributed by atoms with van der Waals surface area (Å²) in [5.74, 6) is -3.04. The lowest BCUT2D eigenvalue weighted by Crippen LogP contribution is -2.49. The molecule has 2 fully saturated rings. The zero-order valence-corrected chi connectivity index (χ0v) is 20.6. The molecule has 37 heavy (non-hydrogen) atoms. The normalized spacial score (nSPS) is 19.2. The summed E-state index contributed by atoms with van der Waals surface area (Å²) in [5, 5.41) is 2.62. The van der Waals surface area contributed by atoms with Crippen molar-refractivity contribution in [2.24, 2.45) is 5.92 Å². The van der Waals surface area contributed by atoms with Crippen LogP contribution in [0.5, 0.6) is 0 Å². The molecule has 13 heteroatoms. The summed E-state index contributed by atoms with van der Waals surface area (Å²) >= 11 is 0. The van der Waals surface area contributed by atoms with Crippen LogP contribution < -0.4 is 5.32 Å². The molecule has 0 radical (unpaired) electrons. The quantitative estimate of drug-likeness (QED) is 0.565. The number of urea groups is 1. The van der Waals surface area contributed by atoms with E-state index in [-0.39, 0.29) is 28.5 Å². The number of hydrogen-bond acceptors (Lipinski definition) is 5. The molecule has 1 N–H and O–H groups in total. The van der Waals surface area contributed by atoms with Gasteiger partial charge in [-0.3, -0.25) is 9.59 Å². The number of rotatable bonds is 6. The fraction of sp³-hybridized carbons (Fsp3) is 0.375. The highest BCUT2D eigenvalue weighted by molar-refractivity contribution is 7.90. The zero-order valence-electron chi connectivity index (χ0n) is 19.8. The van der Waals surface area contributed by atoms with Gasteiger partial charge < -0.3 is 10.2 Å². The van der Waals surface area contributed by atoms with Crippen LogP contribution in [0.25, 0.3) is 0 Å². The number of likely N-dealkylation sites (N-methyl/N-ethyl adjacent to an activating group) is 1. The molecule has 2 aromatic carbocycles. The smallest absolute Gasteiger partial charge is 0.347 e. The lowest BCUT2D eigenvalue weighted by Gasteiger charge is -2.25. The maximum Gasteiger partial charge on any atom is 0.416 e. The average molecular weight is 542 g/mol. The maximum atomic E-state index is 14.7. The summed E-state index contributed by atoms with van der Waals surface area (Å²) in [6.07, 6.45) is -2.56. The molecule has 0 spiro atoms. The molecular weight excluding hydrogens is 518 g/mol. The van der Waals surface area contributed by atoms with Crippen molar-refractivity contribution in [1.29, 1.82) is 0 Å². The van der Waals surface area contributed by atoms with E-state index in [1.165, 1.54) is 25.2 Å². The van der Waals surface area contributed by atoms with Crippen LogP contribution in [0.3, 0.4) is 0 Å². The van der Waals surface area contributed by atoms with E-state index >= 15 is 0 Å². The molecule has 1 heterocycles. The van der Waals surface area contributed by atoms with E-state index in [0.29, 0.717) is 23.8 Å². The summed E-state index contributed by atoms with van der Waals surface area (Å²) in [6.45, 7) is -0.185. The SMILES string of the molecule is CN1C[C@H](C(=O)N[C@@H](c2ccc(C(F)(F)F)cc2F)C2CC2)N(C(=O)c2cccc(S(C)(=O)=O)c2)C1=O. The topological polar surface area (TPSA) is 104 Å². The van der Waals surface area contributed by atoms with Crippen LogP contribution in [-0.2, 0) is 20.8 Å². The lowest BCUT2D eigenvalue weighted by molar-refractivity contribution is -0.137. The van der Waals surface area contributed by atoms with Crippen molar-refractivity contribution >= 4 is 27.7 Å². The number of benzene rings is 2. The minimum absolute atomic E-state index is 0.125. The van der Waals surface area contributed by atoms with Crippen LogP contribution in [0.1, 0.15) is 40.4 Å². The first-order chi connectivity index (χ1) is 17.2. The summed E-state index contributed by atoms with van der Waals surface area (Å²) in [7, 11) is -2.28. The highest BCUT2D eigenvalue weighted by Gasteiger charge is 2.46. The van der Waals surface area contributed by atoms with E-state index in [1.807, 2.05) is 0 Å². The first-order valence-corrected chi connectivity index (χ1v) is 13.1. The van der Waals surface area contributed by atoms with Crippen LogP contribution in [0.15, 0.2) is 47.4 Å². The Hall–Kier alpha value is -3.48. The predicted molar refractivity (Wildman–Crippen MR) is 123 cm³/mol. The van der Waals surface area contributed by atoms with Crippen LogP contribution in [-0.4, -0.2) is 62.0 Å². The third kappa shape index (κ3) is 5.45. The van der Waals surface area contributed by atoms with Crippen molar-refractivity contribution in [2.45, 2.75) is 36.0 Å². The Labute approximate surface area is 210 Å². The molecule has 2 aromatic rings. The van der Waals surface area contributed by atoms with Crippen LogP contribution in [0.4, 0.5) is 22.4 Å². The summed E-state index contributed by atoms with van der Waals surface area (Å²) in [5.41, 5.74) is -1.41. The first-order valence-electron chi connectivity index (χ1n) is 11.2. The van der Waals surface area contributed by atoms with E-state index < -0.39 is 57.3 Å². The van der Waals surface area contributed by atoms with E-state index in [4.69, 9.17) is 0 Å². The van der Waals surface area contributed by atoms with Gasteiger partial charge in [0.1, 0.15) is 11.9 Å². The van der Waals surface area contributed by atoms with Crippen molar-refractivity contribution in [3.8, 4) is 0 Å². The molecule has 4 rings (SSSR count). The largest absolute Gasteiger partial charge is 0.416 e. The predicted octanol–water partition coefficient (Wildman–Crippen LogP) is 3.39. The van der Waals surface area contributed by atoms with Crippen molar-refractivity contribution in [3.63, 3.8) is 0 Å². The van der Waals surface area contributed by atoms with E-state index in [0.717, 1.165) is 29.4 Å². The molecule has 198 valence electrons. The molecule has 4 amide bonds. The molecule has 2 aliphatic rings. The molecule has 0 bridgehead atoms. The number of alkyl halides is 3. The highest BCUT2D eigenvalue weighted by Crippen LogP contribution is 2.43. The van der Waals surface area contributed by atoms with Gasteiger partial charge in [-0.05, 0) is 49.1 Å². The summed E-state index contributed by atoms with van der Waals surface area (Å²) in [4.78, 5) is 41.0. The van der Waals surface area contributed by atoms with Crippen LogP contribution in [0.2, 0.25) is 0 Å². The number of amides is 4. The average Bonchev–Trinajstić information content (AvgIpc) is 3.61. The van der Waals surface area contributed by atoms with Gasteiger partial charge in [0.2, 0.25) is 5.91 Å². The van der Waals surface area contributed by atoms with Gasteiger partial charge in [-0.25, -0.2) is 22.5 Å². The van der Waals surface area contributed by atoms with Gasteiger partial charge in [0, 0.05) is 24.4 Å². The summed E-state index contributed by atoms with van der Waals surface area (Å²) in [6, 6.07) is 4.03. The fourth-order valence-electron chi connectivity index (χ4n) is 4.25. The van der Waals surface area contributed by atoms with Gasteiger partial charge in [-0.1, -0.05) is 12.1 Å². The minimum atomic E-state index is -4.73. The Morgan fingerprint density at radius 1 is 1.11 bits per heavy atom. The molecule has 2 atom stereocenters. The number of carbonyl (C=O) groups excluding carboxylic acids is 3. The Morgan fingerprint density at radius 2 is 1.78 bits per heavy atom. The number of halogens is 4. The third-order valence-corrected chi connectivity index (χ3v) is 7.49. The molecule has 8 nitrogen and oxygen atoms in total. The van der Waals surface area contributed by atoms with Gasteiger partial charge in [0.05, 0.1) is 23.0 Å². The van der Waals surface area contributed by atoms with Gasteiger partial charge in [0.15, 0.2) is 9.84 Å². The second-order valence-electron chi connectivity index (χ2n) is 9.21. The molecule has 0 aromatic heterocycles. The number of hydrogen-bond donors (Lipinski definition) is 1. The number of nitrogens with one attached hydrogen (secondary N) is 1.